The molecule has 2 fully saturated rings. The molecule has 0 bridgehead atoms. The van der Waals surface area contributed by atoms with Crippen molar-refractivity contribution >= 4 is 22.9 Å². The molecule has 0 spiro atoms. The normalized spacial score (nSPS) is 29.5. The minimum Gasteiger partial charge on any atom is -0.375 e. The van der Waals surface area contributed by atoms with Crippen molar-refractivity contribution in [3.05, 3.63) is 16.1 Å². The molecule has 0 radical (unpaired) electrons. The van der Waals surface area contributed by atoms with Gasteiger partial charge >= 0.3 is 0 Å². The number of hydrogen-bond donors (Lipinski definition) is 0. The third-order valence-electron chi connectivity index (χ3n) is 3.67. The lowest BCUT2D eigenvalue weighted by atomic mass is 10.1. The summed E-state index contributed by atoms with van der Waals surface area (Å²) in [4.78, 5) is 7.08. The summed E-state index contributed by atoms with van der Waals surface area (Å²) >= 11 is 7.51. The van der Waals surface area contributed by atoms with Crippen LogP contribution in [0.1, 0.15) is 30.0 Å². The summed E-state index contributed by atoms with van der Waals surface area (Å²) in [6, 6.07) is 0.618. The van der Waals surface area contributed by atoms with Gasteiger partial charge in [0.1, 0.15) is 5.01 Å². The van der Waals surface area contributed by atoms with Crippen molar-refractivity contribution in [2.75, 3.05) is 13.2 Å². The van der Waals surface area contributed by atoms with Gasteiger partial charge in [0, 0.05) is 18.0 Å². The molecule has 2 unspecified atom stereocenters. The summed E-state index contributed by atoms with van der Waals surface area (Å²) < 4.78 is 5.82. The number of ether oxygens (including phenoxy) is 1. The predicted molar refractivity (Wildman–Crippen MR) is 69.5 cm³/mol. The highest BCUT2D eigenvalue weighted by molar-refractivity contribution is 7.09. The van der Waals surface area contributed by atoms with Gasteiger partial charge in [-0.25, -0.2) is 4.98 Å². The number of alkyl halides is 1. The molecule has 1 aliphatic heterocycles. The number of nitrogens with zero attached hydrogens (tertiary/aromatic N) is 2. The van der Waals surface area contributed by atoms with Crippen LogP contribution >= 0.6 is 22.9 Å². The maximum absolute atomic E-state index is 5.82. The number of morpholine rings is 1. The molecule has 94 valence electrons. The van der Waals surface area contributed by atoms with E-state index in [1.165, 1.54) is 24.3 Å². The van der Waals surface area contributed by atoms with Crippen LogP contribution in [0.25, 0.3) is 0 Å². The van der Waals surface area contributed by atoms with Gasteiger partial charge in [-0.3, -0.25) is 4.90 Å². The van der Waals surface area contributed by atoms with Gasteiger partial charge < -0.3 is 4.74 Å². The fourth-order valence-electron chi connectivity index (χ4n) is 2.86. The van der Waals surface area contributed by atoms with Crippen molar-refractivity contribution in [3.63, 3.8) is 0 Å². The molecule has 1 saturated heterocycles. The zero-order chi connectivity index (χ0) is 11.7. The van der Waals surface area contributed by atoms with Crippen LogP contribution in [0.4, 0.5) is 0 Å². The van der Waals surface area contributed by atoms with Gasteiger partial charge in [0.15, 0.2) is 0 Å². The first kappa shape index (κ1) is 11.9. The molecular weight excluding hydrogens is 256 g/mol. The molecule has 1 aromatic heterocycles. The van der Waals surface area contributed by atoms with E-state index in [9.17, 15) is 0 Å². The Morgan fingerprint density at radius 1 is 1.53 bits per heavy atom. The Morgan fingerprint density at radius 2 is 2.47 bits per heavy atom. The Hall–Kier alpha value is -0.160. The molecule has 2 aliphatic rings. The van der Waals surface area contributed by atoms with E-state index in [-0.39, 0.29) is 0 Å². The lowest BCUT2D eigenvalue weighted by Crippen LogP contribution is -2.47. The van der Waals surface area contributed by atoms with E-state index in [0.717, 1.165) is 25.4 Å². The van der Waals surface area contributed by atoms with E-state index >= 15 is 0 Å². The van der Waals surface area contributed by atoms with Crippen LogP contribution in [0.3, 0.4) is 0 Å². The second kappa shape index (κ2) is 5.22. The fraction of sp³-hybridized carbons (Fsp3) is 0.750. The van der Waals surface area contributed by atoms with Gasteiger partial charge in [0.2, 0.25) is 0 Å². The van der Waals surface area contributed by atoms with E-state index in [2.05, 4.69) is 15.3 Å². The minimum absolute atomic E-state index is 0.469. The number of rotatable bonds is 3. The smallest absolute Gasteiger partial charge is 0.107 e. The van der Waals surface area contributed by atoms with Crippen molar-refractivity contribution in [1.29, 1.82) is 0 Å². The molecule has 2 heterocycles. The van der Waals surface area contributed by atoms with E-state index in [1.54, 1.807) is 11.3 Å². The lowest BCUT2D eigenvalue weighted by Gasteiger charge is -2.37. The Balaban J connectivity index is 1.67. The molecule has 17 heavy (non-hydrogen) atoms. The van der Waals surface area contributed by atoms with Crippen LogP contribution in [-0.2, 0) is 17.2 Å². The van der Waals surface area contributed by atoms with Gasteiger partial charge in [-0.1, -0.05) is 0 Å². The highest BCUT2D eigenvalue weighted by atomic mass is 35.5. The molecule has 0 amide bonds. The molecule has 0 N–H and O–H groups in total. The number of thiazole rings is 1. The van der Waals surface area contributed by atoms with Crippen LogP contribution in [-0.4, -0.2) is 35.2 Å². The topological polar surface area (TPSA) is 25.4 Å². The second-order valence-electron chi connectivity index (χ2n) is 4.74. The Morgan fingerprint density at radius 3 is 3.29 bits per heavy atom. The first-order valence-corrected chi connectivity index (χ1v) is 7.63. The maximum atomic E-state index is 5.82. The first-order chi connectivity index (χ1) is 8.36. The van der Waals surface area contributed by atoms with Crippen molar-refractivity contribution in [2.24, 2.45) is 0 Å². The van der Waals surface area contributed by atoms with E-state index in [4.69, 9.17) is 16.3 Å². The lowest BCUT2D eigenvalue weighted by molar-refractivity contribution is -0.0588. The second-order valence-corrected chi connectivity index (χ2v) is 5.95. The summed E-state index contributed by atoms with van der Waals surface area (Å²) in [5.41, 5.74) is 1.00. The summed E-state index contributed by atoms with van der Waals surface area (Å²) in [5, 5.41) is 3.25. The average Bonchev–Trinajstić information content (AvgIpc) is 2.97. The molecule has 1 aromatic rings. The van der Waals surface area contributed by atoms with Crippen molar-refractivity contribution < 1.29 is 4.74 Å². The molecule has 2 atom stereocenters. The average molecular weight is 273 g/mol. The van der Waals surface area contributed by atoms with Gasteiger partial charge in [-0.05, 0) is 19.3 Å². The number of aromatic nitrogens is 1. The monoisotopic (exact) mass is 272 g/mol. The molecule has 1 saturated carbocycles. The molecule has 3 rings (SSSR count). The Kier molecular flexibility index (Phi) is 3.66. The van der Waals surface area contributed by atoms with Crippen LogP contribution in [0.5, 0.6) is 0 Å². The van der Waals surface area contributed by atoms with E-state index in [0.29, 0.717) is 18.0 Å². The summed E-state index contributed by atoms with van der Waals surface area (Å²) in [6.07, 6.45) is 4.28. The molecule has 0 aromatic carbocycles. The zero-order valence-electron chi connectivity index (χ0n) is 9.77. The fourth-order valence-corrected chi connectivity index (χ4v) is 3.91. The molecule has 1 aliphatic carbocycles. The maximum Gasteiger partial charge on any atom is 0.107 e. The van der Waals surface area contributed by atoms with Crippen molar-refractivity contribution in [2.45, 2.75) is 43.8 Å². The summed E-state index contributed by atoms with van der Waals surface area (Å²) in [7, 11) is 0. The van der Waals surface area contributed by atoms with Crippen LogP contribution < -0.4 is 0 Å². The van der Waals surface area contributed by atoms with Crippen LogP contribution in [0.2, 0.25) is 0 Å². The number of halogens is 1. The Labute approximate surface area is 111 Å². The van der Waals surface area contributed by atoms with Crippen molar-refractivity contribution in [1.82, 2.24) is 9.88 Å². The third kappa shape index (κ3) is 2.50. The third-order valence-corrected chi connectivity index (χ3v) is 4.83. The standard InChI is InChI=1S/C12H17ClN2OS/c13-6-9-8-17-12(14-9)7-15-4-5-16-11-3-1-2-10(11)15/h8,10-11H,1-7H2. The van der Waals surface area contributed by atoms with Crippen molar-refractivity contribution in [3.8, 4) is 0 Å². The largest absolute Gasteiger partial charge is 0.375 e. The molecular formula is C12H17ClN2OS. The zero-order valence-corrected chi connectivity index (χ0v) is 11.3. The van der Waals surface area contributed by atoms with Gasteiger partial charge in [0.25, 0.3) is 0 Å². The highest BCUT2D eigenvalue weighted by Crippen LogP contribution is 2.30. The van der Waals surface area contributed by atoms with Crippen LogP contribution in [0, 0.1) is 0 Å². The van der Waals surface area contributed by atoms with E-state index < -0.39 is 0 Å². The SMILES string of the molecule is ClCc1csc(CN2CCOC3CCCC32)n1. The summed E-state index contributed by atoms with van der Waals surface area (Å²) in [5.74, 6) is 0.520. The molecule has 3 nitrogen and oxygen atoms in total. The minimum atomic E-state index is 0.469. The quantitative estimate of drug-likeness (QED) is 0.791. The van der Waals surface area contributed by atoms with Gasteiger partial charge in [-0.2, -0.15) is 0 Å². The van der Waals surface area contributed by atoms with E-state index in [1.807, 2.05) is 0 Å². The number of hydrogen-bond acceptors (Lipinski definition) is 4. The molecule has 5 heteroatoms. The van der Waals surface area contributed by atoms with Gasteiger partial charge in [0.05, 0.1) is 30.8 Å². The number of fused-ring (bicyclic) bond motifs is 1. The highest BCUT2D eigenvalue weighted by Gasteiger charge is 2.36. The Bertz CT molecular complexity index is 384. The first-order valence-electron chi connectivity index (χ1n) is 6.21. The summed E-state index contributed by atoms with van der Waals surface area (Å²) in [6.45, 7) is 2.87. The van der Waals surface area contributed by atoms with Crippen LogP contribution in [0.15, 0.2) is 5.38 Å². The van der Waals surface area contributed by atoms with Gasteiger partial charge in [-0.15, -0.1) is 22.9 Å². The predicted octanol–water partition coefficient (Wildman–Crippen LogP) is 2.64.